The lowest BCUT2D eigenvalue weighted by atomic mass is 10.1. The van der Waals surface area contributed by atoms with E-state index in [9.17, 15) is 18.0 Å². The topological polar surface area (TPSA) is 60.5 Å². The van der Waals surface area contributed by atoms with E-state index in [0.717, 1.165) is 35.4 Å². The van der Waals surface area contributed by atoms with Gasteiger partial charge in [-0.25, -0.2) is 0 Å². The first-order valence-electron chi connectivity index (χ1n) is 9.83. The standard InChI is InChI=1S/C22H23Cl2F3N2O3/c1-3-15-12-17(31-10-7-19(23)24)11-14(2)20(15)32-9-4-8-28-21(30)18-6-5-16(13-29-18)22(25,26)27/h5-7,11-13H,3-4,8-10H2,1-2H3,(H,28,30). The molecule has 0 aliphatic heterocycles. The highest BCUT2D eigenvalue weighted by atomic mass is 35.5. The first kappa shape index (κ1) is 25.8. The van der Waals surface area contributed by atoms with Crippen molar-refractivity contribution in [3.05, 3.63) is 63.4 Å². The van der Waals surface area contributed by atoms with E-state index in [1.165, 1.54) is 0 Å². The summed E-state index contributed by atoms with van der Waals surface area (Å²) < 4.78 is 49.3. The molecule has 1 amide bonds. The Kier molecular flexibility index (Phi) is 9.65. The van der Waals surface area contributed by atoms with Crippen LogP contribution < -0.4 is 14.8 Å². The van der Waals surface area contributed by atoms with Gasteiger partial charge in [0.15, 0.2) is 0 Å². The molecular weight excluding hydrogens is 468 g/mol. The lowest BCUT2D eigenvalue weighted by Crippen LogP contribution is -2.26. The highest BCUT2D eigenvalue weighted by molar-refractivity contribution is 6.55. The molecule has 2 rings (SSSR count). The van der Waals surface area contributed by atoms with Crippen LogP contribution in [0.4, 0.5) is 13.2 Å². The van der Waals surface area contributed by atoms with Crippen molar-refractivity contribution in [2.45, 2.75) is 32.9 Å². The number of carbonyl (C=O) groups excluding carboxylic acids is 1. The van der Waals surface area contributed by atoms with E-state index in [1.807, 2.05) is 26.0 Å². The van der Waals surface area contributed by atoms with E-state index in [2.05, 4.69) is 10.3 Å². The van der Waals surface area contributed by atoms with Gasteiger partial charge in [-0.05, 0) is 61.2 Å². The maximum atomic E-state index is 12.6. The smallest absolute Gasteiger partial charge is 0.417 e. The van der Waals surface area contributed by atoms with Crippen LogP contribution in [0.25, 0.3) is 0 Å². The fourth-order valence-electron chi connectivity index (χ4n) is 2.80. The molecule has 32 heavy (non-hydrogen) atoms. The van der Waals surface area contributed by atoms with Crippen molar-refractivity contribution in [1.82, 2.24) is 10.3 Å². The third kappa shape index (κ3) is 7.91. The van der Waals surface area contributed by atoms with E-state index < -0.39 is 17.6 Å². The van der Waals surface area contributed by atoms with Crippen molar-refractivity contribution in [2.24, 2.45) is 0 Å². The lowest BCUT2D eigenvalue weighted by molar-refractivity contribution is -0.137. The normalized spacial score (nSPS) is 11.1. The Labute approximate surface area is 194 Å². The Morgan fingerprint density at radius 2 is 1.97 bits per heavy atom. The monoisotopic (exact) mass is 490 g/mol. The number of halogens is 5. The molecule has 0 atom stereocenters. The number of carbonyl (C=O) groups is 1. The third-order valence-corrected chi connectivity index (χ3v) is 4.68. The number of hydrogen-bond donors (Lipinski definition) is 1. The molecular formula is C22H23Cl2F3N2O3. The van der Waals surface area contributed by atoms with Gasteiger partial charge in [0.05, 0.1) is 12.2 Å². The highest BCUT2D eigenvalue weighted by Gasteiger charge is 2.30. The summed E-state index contributed by atoms with van der Waals surface area (Å²) in [7, 11) is 0. The minimum Gasteiger partial charge on any atom is -0.493 e. The number of nitrogens with one attached hydrogen (secondary N) is 1. The molecule has 0 unspecified atom stereocenters. The summed E-state index contributed by atoms with van der Waals surface area (Å²) in [5.74, 6) is 0.882. The molecule has 0 saturated heterocycles. The van der Waals surface area contributed by atoms with Gasteiger partial charge in [0.25, 0.3) is 5.91 Å². The molecule has 0 aliphatic rings. The van der Waals surface area contributed by atoms with E-state index in [4.69, 9.17) is 32.7 Å². The summed E-state index contributed by atoms with van der Waals surface area (Å²) in [5, 5.41) is 2.62. The van der Waals surface area contributed by atoms with Crippen molar-refractivity contribution in [2.75, 3.05) is 19.8 Å². The van der Waals surface area contributed by atoms with Gasteiger partial charge in [-0.15, -0.1) is 0 Å². The van der Waals surface area contributed by atoms with E-state index in [0.29, 0.717) is 25.0 Å². The van der Waals surface area contributed by atoms with Crippen LogP contribution in [0.3, 0.4) is 0 Å². The van der Waals surface area contributed by atoms with Crippen molar-refractivity contribution < 1.29 is 27.4 Å². The Morgan fingerprint density at radius 1 is 1.22 bits per heavy atom. The molecule has 0 fully saturated rings. The summed E-state index contributed by atoms with van der Waals surface area (Å²) >= 11 is 11.1. The molecule has 0 radical (unpaired) electrons. The zero-order chi connectivity index (χ0) is 23.7. The second kappa shape index (κ2) is 12.0. The molecule has 174 valence electrons. The Morgan fingerprint density at radius 3 is 2.56 bits per heavy atom. The van der Waals surface area contributed by atoms with Gasteiger partial charge in [-0.1, -0.05) is 30.1 Å². The van der Waals surface area contributed by atoms with Gasteiger partial charge in [0, 0.05) is 12.7 Å². The van der Waals surface area contributed by atoms with E-state index in [1.54, 1.807) is 6.08 Å². The summed E-state index contributed by atoms with van der Waals surface area (Å²) in [6.07, 6.45) is -1.07. The number of hydrogen-bond acceptors (Lipinski definition) is 4. The van der Waals surface area contributed by atoms with Crippen LogP contribution in [0.5, 0.6) is 11.5 Å². The van der Waals surface area contributed by atoms with Crippen molar-refractivity contribution in [3.8, 4) is 11.5 Å². The fourth-order valence-corrected chi connectivity index (χ4v) is 2.93. The zero-order valence-corrected chi connectivity index (χ0v) is 19.1. The van der Waals surface area contributed by atoms with E-state index in [-0.39, 0.29) is 23.3 Å². The number of aryl methyl sites for hydroxylation is 2. The predicted molar refractivity (Wildman–Crippen MR) is 118 cm³/mol. The van der Waals surface area contributed by atoms with Crippen LogP contribution in [0.1, 0.15) is 40.5 Å². The number of nitrogens with zero attached hydrogens (tertiary/aromatic N) is 1. The van der Waals surface area contributed by atoms with Crippen molar-refractivity contribution in [1.29, 1.82) is 0 Å². The molecule has 1 N–H and O–H groups in total. The number of aromatic nitrogens is 1. The highest BCUT2D eigenvalue weighted by Crippen LogP contribution is 2.30. The average Bonchev–Trinajstić information content (AvgIpc) is 2.73. The van der Waals surface area contributed by atoms with Crippen LogP contribution in [-0.2, 0) is 12.6 Å². The maximum absolute atomic E-state index is 12.6. The Hall–Kier alpha value is -2.45. The summed E-state index contributed by atoms with van der Waals surface area (Å²) in [6, 6.07) is 5.61. The van der Waals surface area contributed by atoms with Crippen LogP contribution in [0, 0.1) is 6.92 Å². The number of alkyl halides is 3. The van der Waals surface area contributed by atoms with Crippen LogP contribution in [0.15, 0.2) is 41.0 Å². The second-order valence-electron chi connectivity index (χ2n) is 6.77. The first-order chi connectivity index (χ1) is 15.1. The van der Waals surface area contributed by atoms with Crippen LogP contribution >= 0.6 is 23.2 Å². The lowest BCUT2D eigenvalue weighted by Gasteiger charge is -2.16. The summed E-state index contributed by atoms with van der Waals surface area (Å²) in [5.41, 5.74) is 0.890. The summed E-state index contributed by atoms with van der Waals surface area (Å²) in [6.45, 7) is 4.79. The molecule has 5 nitrogen and oxygen atoms in total. The minimum atomic E-state index is -4.49. The molecule has 1 aromatic heterocycles. The number of ether oxygens (including phenoxy) is 2. The van der Waals surface area contributed by atoms with Crippen LogP contribution in [0.2, 0.25) is 0 Å². The molecule has 1 aromatic carbocycles. The average molecular weight is 491 g/mol. The fraction of sp³-hybridized carbons (Fsp3) is 0.364. The summed E-state index contributed by atoms with van der Waals surface area (Å²) in [4.78, 5) is 15.6. The van der Waals surface area contributed by atoms with Gasteiger partial charge in [-0.3, -0.25) is 9.78 Å². The Bertz CT molecular complexity index is 945. The zero-order valence-electron chi connectivity index (χ0n) is 17.6. The molecule has 0 aliphatic carbocycles. The van der Waals surface area contributed by atoms with Gasteiger partial charge in [-0.2, -0.15) is 13.2 Å². The van der Waals surface area contributed by atoms with E-state index >= 15 is 0 Å². The molecule has 0 spiro atoms. The van der Waals surface area contributed by atoms with Gasteiger partial charge in [0.2, 0.25) is 0 Å². The molecule has 0 bridgehead atoms. The predicted octanol–water partition coefficient (Wildman–Crippen LogP) is 5.87. The van der Waals surface area contributed by atoms with Crippen LogP contribution in [-0.4, -0.2) is 30.6 Å². The van der Waals surface area contributed by atoms with Gasteiger partial charge < -0.3 is 14.8 Å². The molecule has 1 heterocycles. The maximum Gasteiger partial charge on any atom is 0.417 e. The number of amides is 1. The van der Waals surface area contributed by atoms with Crippen molar-refractivity contribution in [3.63, 3.8) is 0 Å². The second-order valence-corrected chi connectivity index (χ2v) is 7.78. The van der Waals surface area contributed by atoms with Gasteiger partial charge in [0.1, 0.15) is 28.3 Å². The third-order valence-electron chi connectivity index (χ3n) is 4.37. The number of pyridine rings is 1. The molecule has 2 aromatic rings. The minimum absolute atomic E-state index is 0.0797. The Balaban J connectivity index is 1.84. The SMILES string of the molecule is CCc1cc(OCC=C(Cl)Cl)cc(C)c1OCCCNC(=O)c1ccc(C(F)(F)F)cn1. The first-order valence-corrected chi connectivity index (χ1v) is 10.6. The van der Waals surface area contributed by atoms with Gasteiger partial charge >= 0.3 is 6.18 Å². The molecule has 0 saturated carbocycles. The molecule has 10 heteroatoms. The largest absolute Gasteiger partial charge is 0.493 e. The number of rotatable bonds is 10. The van der Waals surface area contributed by atoms with Crippen molar-refractivity contribution >= 4 is 29.1 Å². The number of benzene rings is 1. The quantitative estimate of drug-likeness (QED) is 0.423.